The lowest BCUT2D eigenvalue weighted by Crippen LogP contribution is -2.25. The SMILES string of the molecule is CCCCn1nnnc1CN1CCCC1c1noc(CC)n1. The molecule has 1 atom stereocenters. The summed E-state index contributed by atoms with van der Waals surface area (Å²) in [5, 5.41) is 16.2. The van der Waals surface area contributed by atoms with Crippen LogP contribution in [0.2, 0.25) is 0 Å². The molecule has 0 amide bonds. The Kier molecular flexibility index (Phi) is 4.77. The van der Waals surface area contributed by atoms with Gasteiger partial charge in [-0.1, -0.05) is 25.4 Å². The van der Waals surface area contributed by atoms with Crippen molar-refractivity contribution in [2.24, 2.45) is 0 Å². The predicted octanol–water partition coefficient (Wildman–Crippen LogP) is 1.76. The van der Waals surface area contributed by atoms with Gasteiger partial charge >= 0.3 is 0 Å². The van der Waals surface area contributed by atoms with Crippen LogP contribution >= 0.6 is 0 Å². The maximum Gasteiger partial charge on any atom is 0.226 e. The molecule has 0 bridgehead atoms. The van der Waals surface area contributed by atoms with Gasteiger partial charge in [-0.25, -0.2) is 4.68 Å². The van der Waals surface area contributed by atoms with Gasteiger partial charge in [0.1, 0.15) is 0 Å². The van der Waals surface area contributed by atoms with Crippen LogP contribution in [0.4, 0.5) is 0 Å². The lowest BCUT2D eigenvalue weighted by Gasteiger charge is -2.20. The molecule has 0 saturated carbocycles. The molecular weight excluding hydrogens is 282 g/mol. The Labute approximate surface area is 129 Å². The number of hydrogen-bond donors (Lipinski definition) is 0. The molecule has 8 heteroatoms. The zero-order valence-corrected chi connectivity index (χ0v) is 13.3. The first-order chi connectivity index (χ1) is 10.8. The van der Waals surface area contributed by atoms with Gasteiger partial charge in [-0.2, -0.15) is 4.98 Å². The van der Waals surface area contributed by atoms with E-state index in [1.165, 1.54) is 0 Å². The zero-order chi connectivity index (χ0) is 15.4. The summed E-state index contributed by atoms with van der Waals surface area (Å²) in [7, 11) is 0. The van der Waals surface area contributed by atoms with Crippen LogP contribution < -0.4 is 0 Å². The molecule has 3 heterocycles. The van der Waals surface area contributed by atoms with Crippen molar-refractivity contribution in [1.29, 1.82) is 0 Å². The molecule has 0 aromatic carbocycles. The van der Waals surface area contributed by atoms with E-state index in [1.807, 2.05) is 11.6 Å². The molecule has 120 valence electrons. The van der Waals surface area contributed by atoms with E-state index in [9.17, 15) is 0 Å². The Morgan fingerprint density at radius 3 is 3.00 bits per heavy atom. The molecule has 2 aromatic rings. The monoisotopic (exact) mass is 305 g/mol. The summed E-state index contributed by atoms with van der Waals surface area (Å²) >= 11 is 0. The second kappa shape index (κ2) is 6.95. The van der Waals surface area contributed by atoms with Crippen LogP contribution in [-0.2, 0) is 19.5 Å². The van der Waals surface area contributed by atoms with E-state index >= 15 is 0 Å². The Balaban J connectivity index is 1.70. The van der Waals surface area contributed by atoms with E-state index in [1.54, 1.807) is 0 Å². The van der Waals surface area contributed by atoms with Crippen molar-refractivity contribution < 1.29 is 4.52 Å². The van der Waals surface area contributed by atoms with Gasteiger partial charge in [-0.15, -0.1) is 5.10 Å². The molecule has 0 radical (unpaired) electrons. The molecule has 2 aromatic heterocycles. The fourth-order valence-electron chi connectivity index (χ4n) is 2.85. The van der Waals surface area contributed by atoms with Crippen LogP contribution in [-0.4, -0.2) is 41.8 Å². The van der Waals surface area contributed by atoms with E-state index in [0.29, 0.717) is 5.89 Å². The molecule has 1 unspecified atom stereocenters. The third-order valence-electron chi connectivity index (χ3n) is 4.12. The van der Waals surface area contributed by atoms with Crippen molar-refractivity contribution in [3.8, 4) is 0 Å². The molecule has 1 saturated heterocycles. The largest absolute Gasteiger partial charge is 0.339 e. The summed E-state index contributed by atoms with van der Waals surface area (Å²) in [4.78, 5) is 6.83. The average molecular weight is 305 g/mol. The molecule has 0 N–H and O–H groups in total. The number of aromatic nitrogens is 6. The van der Waals surface area contributed by atoms with E-state index in [0.717, 1.165) is 63.4 Å². The zero-order valence-electron chi connectivity index (χ0n) is 13.3. The van der Waals surface area contributed by atoms with Gasteiger partial charge in [-0.05, 0) is 36.2 Å². The van der Waals surface area contributed by atoms with E-state index in [-0.39, 0.29) is 6.04 Å². The molecule has 8 nitrogen and oxygen atoms in total. The Bertz CT molecular complexity index is 594. The molecule has 1 fully saturated rings. The second-order valence-corrected chi connectivity index (χ2v) is 5.70. The quantitative estimate of drug-likeness (QED) is 0.770. The van der Waals surface area contributed by atoms with Crippen molar-refractivity contribution in [2.45, 2.75) is 65.1 Å². The number of nitrogens with zero attached hydrogens (tertiary/aromatic N) is 7. The highest BCUT2D eigenvalue weighted by Crippen LogP contribution is 2.31. The average Bonchev–Trinajstić information content (AvgIpc) is 3.26. The Morgan fingerprint density at radius 2 is 2.23 bits per heavy atom. The third-order valence-corrected chi connectivity index (χ3v) is 4.12. The maximum absolute atomic E-state index is 5.25. The van der Waals surface area contributed by atoms with Crippen molar-refractivity contribution in [2.75, 3.05) is 6.54 Å². The van der Waals surface area contributed by atoms with Crippen molar-refractivity contribution in [3.05, 3.63) is 17.5 Å². The first kappa shape index (κ1) is 15.1. The molecule has 0 aliphatic carbocycles. The fourth-order valence-corrected chi connectivity index (χ4v) is 2.85. The summed E-state index contributed by atoms with van der Waals surface area (Å²) in [6.07, 6.45) is 5.19. The minimum atomic E-state index is 0.209. The number of rotatable bonds is 7. The summed E-state index contributed by atoms with van der Waals surface area (Å²) < 4.78 is 7.16. The molecule has 1 aliphatic heterocycles. The fraction of sp³-hybridized carbons (Fsp3) is 0.786. The van der Waals surface area contributed by atoms with Gasteiger partial charge in [0.05, 0.1) is 12.6 Å². The van der Waals surface area contributed by atoms with Gasteiger partial charge in [0.25, 0.3) is 0 Å². The van der Waals surface area contributed by atoms with Crippen LogP contribution in [0, 0.1) is 0 Å². The van der Waals surface area contributed by atoms with Gasteiger partial charge in [0.15, 0.2) is 11.6 Å². The summed E-state index contributed by atoms with van der Waals surface area (Å²) in [6.45, 7) is 6.81. The molecule has 22 heavy (non-hydrogen) atoms. The van der Waals surface area contributed by atoms with Crippen LogP contribution in [0.15, 0.2) is 4.52 Å². The van der Waals surface area contributed by atoms with E-state index < -0.39 is 0 Å². The highest BCUT2D eigenvalue weighted by Gasteiger charge is 2.31. The number of aryl methyl sites for hydroxylation is 2. The first-order valence-corrected chi connectivity index (χ1v) is 8.13. The number of hydrogen-bond acceptors (Lipinski definition) is 7. The highest BCUT2D eigenvalue weighted by atomic mass is 16.5. The Morgan fingerprint density at radius 1 is 1.32 bits per heavy atom. The minimum Gasteiger partial charge on any atom is -0.339 e. The number of tetrazole rings is 1. The van der Waals surface area contributed by atoms with Gasteiger partial charge < -0.3 is 4.52 Å². The maximum atomic E-state index is 5.25. The van der Waals surface area contributed by atoms with Crippen LogP contribution in [0.1, 0.15) is 63.1 Å². The molecule has 1 aliphatic rings. The smallest absolute Gasteiger partial charge is 0.226 e. The standard InChI is InChI=1S/C14H23N7O/c1-3-5-9-21-12(16-18-19-21)10-20-8-6-7-11(20)14-15-13(4-2)22-17-14/h11H,3-10H2,1-2H3. The van der Waals surface area contributed by atoms with Crippen LogP contribution in [0.25, 0.3) is 0 Å². The van der Waals surface area contributed by atoms with Crippen molar-refractivity contribution >= 4 is 0 Å². The molecule has 3 rings (SSSR count). The number of unbranched alkanes of at least 4 members (excludes halogenated alkanes) is 1. The van der Waals surface area contributed by atoms with E-state index in [2.05, 4.69) is 37.5 Å². The van der Waals surface area contributed by atoms with Crippen LogP contribution in [0.5, 0.6) is 0 Å². The van der Waals surface area contributed by atoms with Crippen LogP contribution in [0.3, 0.4) is 0 Å². The van der Waals surface area contributed by atoms with Crippen molar-refractivity contribution in [1.82, 2.24) is 35.2 Å². The summed E-state index contributed by atoms with van der Waals surface area (Å²) in [5.41, 5.74) is 0. The number of likely N-dealkylation sites (tertiary alicyclic amines) is 1. The topological polar surface area (TPSA) is 85.8 Å². The normalized spacial score (nSPS) is 19.1. The third kappa shape index (κ3) is 3.16. The van der Waals surface area contributed by atoms with Gasteiger partial charge in [0.2, 0.25) is 5.89 Å². The molecule has 0 spiro atoms. The Hall–Kier alpha value is -1.83. The summed E-state index contributed by atoms with van der Waals surface area (Å²) in [5.74, 6) is 2.41. The van der Waals surface area contributed by atoms with E-state index in [4.69, 9.17) is 4.52 Å². The lowest BCUT2D eigenvalue weighted by molar-refractivity contribution is 0.224. The summed E-state index contributed by atoms with van der Waals surface area (Å²) in [6, 6.07) is 0.209. The molecular formula is C14H23N7O. The van der Waals surface area contributed by atoms with Crippen molar-refractivity contribution in [3.63, 3.8) is 0 Å². The highest BCUT2D eigenvalue weighted by molar-refractivity contribution is 4.99. The lowest BCUT2D eigenvalue weighted by atomic mass is 10.2. The van der Waals surface area contributed by atoms with Gasteiger partial charge in [-0.3, -0.25) is 4.90 Å². The first-order valence-electron chi connectivity index (χ1n) is 8.13. The van der Waals surface area contributed by atoms with Gasteiger partial charge in [0, 0.05) is 13.0 Å². The second-order valence-electron chi connectivity index (χ2n) is 5.70. The predicted molar refractivity (Wildman–Crippen MR) is 78.8 cm³/mol. The minimum absolute atomic E-state index is 0.209.